The van der Waals surface area contributed by atoms with E-state index in [1.54, 1.807) is 0 Å². The molecule has 0 aromatic carbocycles. The molecule has 2 aliphatic heterocycles. The first-order valence-corrected chi connectivity index (χ1v) is 6.13. The van der Waals surface area contributed by atoms with Crippen LogP contribution in [0.15, 0.2) is 23.3 Å². The molecule has 0 unspecified atom stereocenters. The van der Waals surface area contributed by atoms with Gasteiger partial charge in [0, 0.05) is 23.3 Å². The summed E-state index contributed by atoms with van der Waals surface area (Å²) in [5.41, 5.74) is 0.848. The smallest absolute Gasteiger partial charge is 0.223 e. The van der Waals surface area contributed by atoms with Crippen molar-refractivity contribution in [3.63, 3.8) is 0 Å². The molecule has 0 fully saturated rings. The van der Waals surface area contributed by atoms with Crippen LogP contribution < -0.4 is 0 Å². The second kappa shape index (κ2) is 4.39. The Balaban J connectivity index is 1.98. The standard InChI is InChI=1S/C10H6O4S2/c11-7-3-5(9(13)15-7)1-2-6-4-8(12)16-10(6)14/h3-4H,1-2H2. The van der Waals surface area contributed by atoms with E-state index in [1.807, 2.05) is 0 Å². The normalized spacial score (nSPS) is 20.5. The maximum Gasteiger partial charge on any atom is 0.223 e. The van der Waals surface area contributed by atoms with E-state index < -0.39 is 0 Å². The summed E-state index contributed by atoms with van der Waals surface area (Å²) in [4.78, 5) is 44.3. The Morgan fingerprint density at radius 2 is 1.12 bits per heavy atom. The van der Waals surface area contributed by atoms with Gasteiger partial charge in [0.2, 0.25) is 20.5 Å². The first-order valence-electron chi connectivity index (χ1n) is 4.49. The summed E-state index contributed by atoms with van der Waals surface area (Å²) in [6.07, 6.45) is 3.26. The molecule has 4 nitrogen and oxygen atoms in total. The highest BCUT2D eigenvalue weighted by Gasteiger charge is 2.26. The van der Waals surface area contributed by atoms with Crippen LogP contribution in [0.5, 0.6) is 0 Å². The minimum atomic E-state index is -0.267. The molecule has 2 rings (SSSR count). The molecule has 0 amide bonds. The fraction of sp³-hybridized carbons (Fsp3) is 0.200. The molecule has 0 atom stereocenters. The van der Waals surface area contributed by atoms with E-state index in [2.05, 4.69) is 0 Å². The van der Waals surface area contributed by atoms with Crippen molar-refractivity contribution >= 4 is 44.0 Å². The molecular formula is C10H6O4S2. The molecule has 0 N–H and O–H groups in total. The molecule has 0 aliphatic carbocycles. The largest absolute Gasteiger partial charge is 0.282 e. The van der Waals surface area contributed by atoms with Gasteiger partial charge in [0.1, 0.15) is 0 Å². The number of carbonyl (C=O) groups excluding carboxylic acids is 4. The molecule has 6 heteroatoms. The summed E-state index contributed by atoms with van der Waals surface area (Å²) in [6, 6.07) is 0. The zero-order chi connectivity index (χ0) is 11.7. The zero-order valence-corrected chi connectivity index (χ0v) is 9.65. The second-order valence-corrected chi connectivity index (χ2v) is 5.21. The predicted molar refractivity (Wildman–Crippen MR) is 60.6 cm³/mol. The monoisotopic (exact) mass is 254 g/mol. The highest BCUT2D eigenvalue weighted by molar-refractivity contribution is 8.27. The second-order valence-electron chi connectivity index (χ2n) is 3.26. The third-order valence-corrected chi connectivity index (χ3v) is 3.69. The van der Waals surface area contributed by atoms with Gasteiger partial charge in [-0.25, -0.2) is 0 Å². The van der Waals surface area contributed by atoms with E-state index in [4.69, 9.17) is 0 Å². The van der Waals surface area contributed by atoms with Crippen LogP contribution in [0.4, 0.5) is 0 Å². The van der Waals surface area contributed by atoms with E-state index in [9.17, 15) is 19.2 Å². The van der Waals surface area contributed by atoms with Crippen molar-refractivity contribution in [2.45, 2.75) is 12.8 Å². The number of hydrogen-bond acceptors (Lipinski definition) is 6. The van der Waals surface area contributed by atoms with Gasteiger partial charge in [0.25, 0.3) is 0 Å². The van der Waals surface area contributed by atoms with Crippen molar-refractivity contribution in [2.75, 3.05) is 0 Å². The third kappa shape index (κ3) is 2.33. The Kier molecular flexibility index (Phi) is 3.11. The van der Waals surface area contributed by atoms with E-state index >= 15 is 0 Å². The minimum absolute atomic E-state index is 0.255. The van der Waals surface area contributed by atoms with Crippen LogP contribution in [0, 0.1) is 0 Å². The summed E-state index contributed by atoms with van der Waals surface area (Å²) in [7, 11) is 0. The molecule has 0 aromatic heterocycles. The van der Waals surface area contributed by atoms with Crippen LogP contribution in [0.1, 0.15) is 12.8 Å². The van der Waals surface area contributed by atoms with Crippen LogP contribution in [0.3, 0.4) is 0 Å². The summed E-state index contributed by atoms with van der Waals surface area (Å²) in [5.74, 6) is 0. The number of hydrogen-bond donors (Lipinski definition) is 0. The highest BCUT2D eigenvalue weighted by Crippen LogP contribution is 2.29. The lowest BCUT2D eigenvalue weighted by Crippen LogP contribution is -1.96. The van der Waals surface area contributed by atoms with E-state index in [0.717, 1.165) is 0 Å². The third-order valence-electron chi connectivity index (χ3n) is 2.16. The number of rotatable bonds is 3. The van der Waals surface area contributed by atoms with Gasteiger partial charge in [-0.1, -0.05) is 0 Å². The van der Waals surface area contributed by atoms with E-state index in [1.165, 1.54) is 12.2 Å². The average molecular weight is 254 g/mol. The van der Waals surface area contributed by atoms with Gasteiger partial charge in [-0.15, -0.1) is 0 Å². The van der Waals surface area contributed by atoms with Gasteiger partial charge in [-0.05, 0) is 36.4 Å². The average Bonchev–Trinajstić information content (AvgIpc) is 2.66. The van der Waals surface area contributed by atoms with Crippen molar-refractivity contribution in [3.05, 3.63) is 23.3 Å². The molecule has 82 valence electrons. The molecule has 0 bridgehead atoms. The summed E-state index contributed by atoms with van der Waals surface area (Å²) in [6.45, 7) is 0. The van der Waals surface area contributed by atoms with Crippen molar-refractivity contribution in [2.24, 2.45) is 0 Å². The fourth-order valence-corrected chi connectivity index (χ4v) is 2.74. The maximum atomic E-state index is 11.2. The van der Waals surface area contributed by atoms with Crippen LogP contribution >= 0.6 is 23.5 Å². The van der Waals surface area contributed by atoms with Gasteiger partial charge in [-0.3, -0.25) is 19.2 Å². The molecule has 2 aliphatic rings. The first kappa shape index (κ1) is 11.3. The van der Waals surface area contributed by atoms with Gasteiger partial charge in [-0.2, -0.15) is 0 Å². The highest BCUT2D eigenvalue weighted by atomic mass is 32.2. The lowest BCUT2D eigenvalue weighted by Gasteiger charge is -1.98. The molecule has 0 aromatic rings. The Morgan fingerprint density at radius 3 is 1.38 bits per heavy atom. The number of thioether (sulfide) groups is 2. The zero-order valence-electron chi connectivity index (χ0n) is 8.02. The molecule has 0 saturated carbocycles. The fourth-order valence-electron chi connectivity index (χ4n) is 1.39. The Labute approximate surface area is 99.5 Å². The first-order chi connectivity index (χ1) is 7.56. The van der Waals surface area contributed by atoms with Crippen molar-refractivity contribution in [3.8, 4) is 0 Å². The molecule has 0 saturated heterocycles. The summed E-state index contributed by atoms with van der Waals surface area (Å²) < 4.78 is 0. The Morgan fingerprint density at radius 1 is 0.750 bits per heavy atom. The van der Waals surface area contributed by atoms with Gasteiger partial charge < -0.3 is 0 Å². The summed E-state index contributed by atoms with van der Waals surface area (Å²) in [5, 5.41) is -1.04. The van der Waals surface area contributed by atoms with Crippen LogP contribution in [0.2, 0.25) is 0 Å². The van der Waals surface area contributed by atoms with Crippen LogP contribution in [0.25, 0.3) is 0 Å². The lowest BCUT2D eigenvalue weighted by atomic mass is 10.1. The topological polar surface area (TPSA) is 68.3 Å². The Hall–Kier alpha value is -1.14. The van der Waals surface area contributed by atoms with Crippen molar-refractivity contribution < 1.29 is 19.2 Å². The maximum absolute atomic E-state index is 11.2. The molecule has 16 heavy (non-hydrogen) atoms. The molecular weight excluding hydrogens is 248 g/mol. The summed E-state index contributed by atoms with van der Waals surface area (Å²) >= 11 is 1.33. The quantitative estimate of drug-likeness (QED) is 0.754. The van der Waals surface area contributed by atoms with Crippen molar-refractivity contribution in [1.29, 1.82) is 0 Å². The molecule has 0 radical (unpaired) electrons. The van der Waals surface area contributed by atoms with Crippen LogP contribution in [-0.2, 0) is 19.2 Å². The lowest BCUT2D eigenvalue weighted by molar-refractivity contribution is -0.109. The van der Waals surface area contributed by atoms with Gasteiger partial charge in [0.15, 0.2) is 0 Å². The van der Waals surface area contributed by atoms with E-state index in [-0.39, 0.29) is 20.5 Å². The van der Waals surface area contributed by atoms with Crippen molar-refractivity contribution in [1.82, 2.24) is 0 Å². The predicted octanol–water partition coefficient (Wildman–Crippen LogP) is 1.22. The van der Waals surface area contributed by atoms with E-state index in [0.29, 0.717) is 47.5 Å². The number of carbonyl (C=O) groups is 4. The van der Waals surface area contributed by atoms with Gasteiger partial charge >= 0.3 is 0 Å². The molecule has 0 spiro atoms. The molecule has 2 heterocycles. The van der Waals surface area contributed by atoms with Crippen LogP contribution in [-0.4, -0.2) is 20.5 Å². The Bertz CT molecular complexity index is 429. The van der Waals surface area contributed by atoms with Gasteiger partial charge in [0.05, 0.1) is 0 Å². The SMILES string of the molecule is O=C1C=C(CCC2=CC(=O)SC2=O)C(=O)S1. The minimum Gasteiger partial charge on any atom is -0.282 e.